The zero-order valence-electron chi connectivity index (χ0n) is 12.0. The van der Waals surface area contributed by atoms with Crippen molar-refractivity contribution in [3.05, 3.63) is 0 Å². The third-order valence-electron chi connectivity index (χ3n) is 3.38. The molecule has 0 aliphatic carbocycles. The molecule has 0 radical (unpaired) electrons. The summed E-state index contributed by atoms with van der Waals surface area (Å²) in [6, 6.07) is -0.160. The van der Waals surface area contributed by atoms with Crippen molar-refractivity contribution in [1.82, 2.24) is 9.62 Å². The molecule has 1 aliphatic rings. The highest BCUT2D eigenvalue weighted by Crippen LogP contribution is 2.20. The molecule has 1 atom stereocenters. The summed E-state index contributed by atoms with van der Waals surface area (Å²) in [6.07, 6.45) is 2.88. The van der Waals surface area contributed by atoms with Crippen LogP contribution < -0.4 is 11.1 Å². The van der Waals surface area contributed by atoms with E-state index in [4.69, 9.17) is 10.5 Å². The molecule has 0 aromatic heterocycles. The summed E-state index contributed by atoms with van der Waals surface area (Å²) in [7, 11) is -1.84. The van der Waals surface area contributed by atoms with Crippen LogP contribution in [-0.2, 0) is 19.6 Å². The molecule has 7 nitrogen and oxygen atoms in total. The molecular formula is C12H25N3O4S. The van der Waals surface area contributed by atoms with Crippen LogP contribution >= 0.6 is 0 Å². The number of methoxy groups -OCH3 is 1. The van der Waals surface area contributed by atoms with Gasteiger partial charge >= 0.3 is 0 Å². The number of piperidine rings is 1. The molecule has 1 saturated heterocycles. The number of nitrogens with one attached hydrogen (secondary N) is 1. The summed E-state index contributed by atoms with van der Waals surface area (Å²) in [5.74, 6) is -0.149. The molecule has 1 fully saturated rings. The van der Waals surface area contributed by atoms with Crippen LogP contribution in [0.4, 0.5) is 0 Å². The summed E-state index contributed by atoms with van der Waals surface area (Å²) < 4.78 is 30.8. The monoisotopic (exact) mass is 307 g/mol. The predicted octanol–water partition coefficient (Wildman–Crippen LogP) is -0.718. The molecule has 0 bridgehead atoms. The quantitative estimate of drug-likeness (QED) is 0.616. The number of carbonyl (C=O) groups is 1. The van der Waals surface area contributed by atoms with Crippen LogP contribution in [0.3, 0.4) is 0 Å². The molecule has 8 heteroatoms. The minimum Gasteiger partial charge on any atom is -0.384 e. The van der Waals surface area contributed by atoms with Crippen molar-refractivity contribution in [2.75, 3.05) is 39.1 Å². The maximum Gasteiger partial charge on any atom is 0.221 e. The molecule has 1 heterocycles. The fourth-order valence-corrected chi connectivity index (χ4v) is 3.95. The van der Waals surface area contributed by atoms with Crippen molar-refractivity contribution >= 4 is 15.9 Å². The van der Waals surface area contributed by atoms with E-state index in [0.29, 0.717) is 19.6 Å². The number of carbonyl (C=O) groups excluding carboxylic acids is 1. The first-order chi connectivity index (χ1) is 9.51. The van der Waals surface area contributed by atoms with Gasteiger partial charge in [-0.25, -0.2) is 8.42 Å². The zero-order valence-corrected chi connectivity index (χ0v) is 12.8. The highest BCUT2D eigenvalue weighted by molar-refractivity contribution is 7.89. The van der Waals surface area contributed by atoms with E-state index in [2.05, 4.69) is 5.32 Å². The van der Waals surface area contributed by atoms with Crippen molar-refractivity contribution in [2.45, 2.75) is 31.7 Å². The lowest BCUT2D eigenvalue weighted by molar-refractivity contribution is -0.121. The number of hydrogen-bond acceptors (Lipinski definition) is 5. The van der Waals surface area contributed by atoms with E-state index >= 15 is 0 Å². The highest BCUT2D eigenvalue weighted by Gasteiger charge is 2.31. The summed E-state index contributed by atoms with van der Waals surface area (Å²) in [5, 5.41) is 2.76. The average molecular weight is 307 g/mol. The molecule has 3 N–H and O–H groups in total. The smallest absolute Gasteiger partial charge is 0.221 e. The number of ether oxygens (including phenoxy) is 1. The summed E-state index contributed by atoms with van der Waals surface area (Å²) in [6.45, 7) is 1.35. The van der Waals surface area contributed by atoms with E-state index in [1.54, 1.807) is 0 Å². The predicted molar refractivity (Wildman–Crippen MR) is 76.7 cm³/mol. The number of rotatable bonds is 8. The van der Waals surface area contributed by atoms with Crippen LogP contribution in [0.5, 0.6) is 0 Å². The van der Waals surface area contributed by atoms with E-state index < -0.39 is 10.0 Å². The van der Waals surface area contributed by atoms with Crippen LogP contribution in [0.15, 0.2) is 0 Å². The molecular weight excluding hydrogens is 282 g/mol. The van der Waals surface area contributed by atoms with Gasteiger partial charge in [0.05, 0.1) is 12.4 Å². The van der Waals surface area contributed by atoms with Gasteiger partial charge in [-0.1, -0.05) is 6.42 Å². The second kappa shape index (κ2) is 8.56. The van der Waals surface area contributed by atoms with Crippen molar-refractivity contribution in [2.24, 2.45) is 5.73 Å². The molecule has 1 unspecified atom stereocenters. The van der Waals surface area contributed by atoms with Gasteiger partial charge in [-0.05, 0) is 12.8 Å². The number of nitrogens with two attached hydrogens (primary N) is 1. The third-order valence-corrected chi connectivity index (χ3v) is 5.26. The SMILES string of the molecule is COCCS(=O)(=O)N1CCCCC1CNC(=O)CCN. The molecule has 0 saturated carbocycles. The number of hydrogen-bond donors (Lipinski definition) is 2. The van der Waals surface area contributed by atoms with Crippen molar-refractivity contribution in [3.63, 3.8) is 0 Å². The first-order valence-electron chi connectivity index (χ1n) is 6.96. The van der Waals surface area contributed by atoms with Crippen LogP contribution in [0, 0.1) is 0 Å². The van der Waals surface area contributed by atoms with Gasteiger partial charge in [0, 0.05) is 39.2 Å². The molecule has 1 aliphatic heterocycles. The first kappa shape index (κ1) is 17.4. The molecule has 0 aromatic carbocycles. The van der Waals surface area contributed by atoms with Crippen LogP contribution in [-0.4, -0.2) is 63.8 Å². The Hall–Kier alpha value is -0.700. The Morgan fingerprint density at radius 3 is 2.85 bits per heavy atom. The average Bonchev–Trinajstić information content (AvgIpc) is 2.43. The third kappa shape index (κ3) is 5.35. The largest absolute Gasteiger partial charge is 0.384 e. The Bertz CT molecular complexity index is 400. The van der Waals surface area contributed by atoms with E-state index in [-0.39, 0.29) is 30.7 Å². The summed E-state index contributed by atoms with van der Waals surface area (Å²) >= 11 is 0. The van der Waals surface area contributed by atoms with Gasteiger partial charge in [-0.15, -0.1) is 0 Å². The fraction of sp³-hybridized carbons (Fsp3) is 0.917. The van der Waals surface area contributed by atoms with Crippen LogP contribution in [0.25, 0.3) is 0 Å². The van der Waals surface area contributed by atoms with Gasteiger partial charge in [0.15, 0.2) is 0 Å². The van der Waals surface area contributed by atoms with Gasteiger partial charge in [-0.3, -0.25) is 4.79 Å². The Kier molecular flexibility index (Phi) is 7.42. The van der Waals surface area contributed by atoms with E-state index in [1.165, 1.54) is 11.4 Å². The van der Waals surface area contributed by atoms with Crippen LogP contribution in [0.2, 0.25) is 0 Å². The number of sulfonamides is 1. The van der Waals surface area contributed by atoms with Gasteiger partial charge in [0.2, 0.25) is 15.9 Å². The van der Waals surface area contributed by atoms with Gasteiger partial charge in [0.25, 0.3) is 0 Å². The molecule has 118 valence electrons. The summed E-state index contributed by atoms with van der Waals surface area (Å²) in [4.78, 5) is 11.4. The lowest BCUT2D eigenvalue weighted by atomic mass is 10.1. The zero-order chi connectivity index (χ0) is 15.0. The van der Waals surface area contributed by atoms with Crippen molar-refractivity contribution < 1.29 is 17.9 Å². The van der Waals surface area contributed by atoms with Gasteiger partial charge in [0.1, 0.15) is 0 Å². The fourth-order valence-electron chi connectivity index (χ4n) is 2.30. The topological polar surface area (TPSA) is 102 Å². The second-order valence-electron chi connectivity index (χ2n) is 4.91. The van der Waals surface area contributed by atoms with E-state index in [0.717, 1.165) is 19.3 Å². The molecule has 0 aromatic rings. The molecule has 0 spiro atoms. The van der Waals surface area contributed by atoms with Crippen molar-refractivity contribution in [1.29, 1.82) is 0 Å². The Morgan fingerprint density at radius 2 is 2.20 bits per heavy atom. The Labute approximate surface area is 120 Å². The highest BCUT2D eigenvalue weighted by atomic mass is 32.2. The molecule has 1 rings (SSSR count). The maximum absolute atomic E-state index is 12.2. The minimum atomic E-state index is -3.32. The number of nitrogens with zero attached hydrogens (tertiary/aromatic N) is 1. The molecule has 1 amide bonds. The first-order valence-corrected chi connectivity index (χ1v) is 8.57. The second-order valence-corrected chi connectivity index (χ2v) is 6.95. The normalized spacial score (nSPS) is 20.8. The Balaban J connectivity index is 2.59. The van der Waals surface area contributed by atoms with Gasteiger partial charge < -0.3 is 15.8 Å². The van der Waals surface area contributed by atoms with Crippen LogP contribution in [0.1, 0.15) is 25.7 Å². The van der Waals surface area contributed by atoms with Gasteiger partial charge in [-0.2, -0.15) is 4.31 Å². The lowest BCUT2D eigenvalue weighted by Gasteiger charge is -2.34. The molecule has 20 heavy (non-hydrogen) atoms. The maximum atomic E-state index is 12.2. The Morgan fingerprint density at radius 1 is 1.45 bits per heavy atom. The van der Waals surface area contributed by atoms with E-state index in [1.807, 2.05) is 0 Å². The van der Waals surface area contributed by atoms with E-state index in [9.17, 15) is 13.2 Å². The number of amides is 1. The lowest BCUT2D eigenvalue weighted by Crippen LogP contribution is -2.50. The summed E-state index contributed by atoms with van der Waals surface area (Å²) in [5.41, 5.74) is 5.31. The minimum absolute atomic E-state index is 0.0171. The van der Waals surface area contributed by atoms with Crippen molar-refractivity contribution in [3.8, 4) is 0 Å². The standard InChI is InChI=1S/C12H25N3O4S/c1-19-8-9-20(17,18)15-7-3-2-4-11(15)10-14-12(16)5-6-13/h11H,2-10,13H2,1H3,(H,14,16).